The molecule has 0 spiro atoms. The van der Waals surface area contributed by atoms with Gasteiger partial charge in [0.15, 0.2) is 0 Å². The fourth-order valence-corrected chi connectivity index (χ4v) is 4.25. The van der Waals surface area contributed by atoms with Gasteiger partial charge in [-0.3, -0.25) is 0 Å². The number of hydrogen-bond acceptors (Lipinski definition) is 4. The summed E-state index contributed by atoms with van der Waals surface area (Å²) in [6, 6.07) is 10.2. The van der Waals surface area contributed by atoms with E-state index < -0.39 is 24.0 Å². The Morgan fingerprint density at radius 3 is 2.31 bits per heavy atom. The van der Waals surface area contributed by atoms with Crippen LogP contribution in [0.4, 0.5) is 8.78 Å². The number of hydrogen-bond donors (Lipinski definition) is 1. The second-order valence-corrected chi connectivity index (χ2v) is 7.50. The molecule has 2 rings (SSSR count). The van der Waals surface area contributed by atoms with E-state index in [9.17, 15) is 18.4 Å². The van der Waals surface area contributed by atoms with Gasteiger partial charge < -0.3 is 14.6 Å². The third-order valence-electron chi connectivity index (χ3n) is 3.37. The van der Waals surface area contributed by atoms with Gasteiger partial charge in [0.1, 0.15) is 11.3 Å². The van der Waals surface area contributed by atoms with Crippen molar-refractivity contribution in [2.24, 2.45) is 0 Å². The van der Waals surface area contributed by atoms with Crippen LogP contribution in [0.25, 0.3) is 0 Å². The Bertz CT molecular complexity index is 827. The number of carboxylic acids is 1. The minimum absolute atomic E-state index is 0.0640. The molecular formula is C17H12F2I2O5. The first kappa shape index (κ1) is 20.8. The predicted molar refractivity (Wildman–Crippen MR) is 106 cm³/mol. The molecule has 0 aliphatic rings. The molecule has 0 saturated carbocycles. The zero-order valence-corrected chi connectivity index (χ0v) is 17.5. The highest BCUT2D eigenvalue weighted by Gasteiger charge is 2.51. The molecule has 0 fully saturated rings. The Morgan fingerprint density at radius 1 is 1.15 bits per heavy atom. The third-order valence-corrected chi connectivity index (χ3v) is 4.80. The largest absolute Gasteiger partial charge is 0.495 e. The van der Waals surface area contributed by atoms with Crippen molar-refractivity contribution in [3.63, 3.8) is 0 Å². The van der Waals surface area contributed by atoms with Crippen molar-refractivity contribution in [3.05, 3.63) is 60.7 Å². The van der Waals surface area contributed by atoms with Crippen LogP contribution in [0.3, 0.4) is 0 Å². The van der Waals surface area contributed by atoms with Gasteiger partial charge in [-0.1, -0.05) is 30.3 Å². The number of carboxylic acid groups (broad SMARTS) is 1. The molecule has 0 amide bonds. The Balaban J connectivity index is 2.47. The summed E-state index contributed by atoms with van der Waals surface area (Å²) >= 11 is 3.90. The summed E-state index contributed by atoms with van der Waals surface area (Å²) in [6.45, 7) is 0. The molecule has 0 saturated heterocycles. The molecule has 9 heteroatoms. The highest BCUT2D eigenvalue weighted by molar-refractivity contribution is 14.1. The lowest BCUT2D eigenvalue weighted by Crippen LogP contribution is -2.38. The molecule has 1 atom stereocenters. The highest BCUT2D eigenvalue weighted by atomic mass is 127. The maximum atomic E-state index is 14.2. The van der Waals surface area contributed by atoms with Crippen LogP contribution in [0, 0.1) is 7.14 Å². The number of rotatable bonds is 6. The molecule has 0 radical (unpaired) electrons. The molecular weight excluding hydrogens is 576 g/mol. The number of benzene rings is 2. The highest BCUT2D eigenvalue weighted by Crippen LogP contribution is 2.37. The molecule has 2 aromatic rings. The summed E-state index contributed by atoms with van der Waals surface area (Å²) in [5.41, 5.74) is -0.196. The number of methoxy groups -OCH3 is 1. The van der Waals surface area contributed by atoms with Crippen molar-refractivity contribution >= 4 is 57.1 Å². The van der Waals surface area contributed by atoms with Crippen molar-refractivity contribution in [1.29, 1.82) is 0 Å². The SMILES string of the molecule is COc1c(I)cc(I)cc1C(=O)OC(c1ccccc1)C(F)(F)C(=O)O. The minimum atomic E-state index is -4.31. The second-order valence-electron chi connectivity index (χ2n) is 5.09. The predicted octanol–water partition coefficient (Wildman–Crippen LogP) is 4.52. The third kappa shape index (κ3) is 4.42. The first-order valence-corrected chi connectivity index (χ1v) is 9.24. The Morgan fingerprint density at radius 2 is 1.77 bits per heavy atom. The smallest absolute Gasteiger partial charge is 0.382 e. The summed E-state index contributed by atoms with van der Waals surface area (Å²) in [5, 5.41) is 8.88. The normalized spacial score (nSPS) is 12.3. The van der Waals surface area contributed by atoms with Crippen LogP contribution in [-0.2, 0) is 9.53 Å². The summed E-state index contributed by atoms with van der Waals surface area (Å²) in [6.07, 6.45) is -2.28. The van der Waals surface area contributed by atoms with Crippen LogP contribution in [-0.4, -0.2) is 30.1 Å². The first-order valence-electron chi connectivity index (χ1n) is 7.08. The minimum Gasteiger partial charge on any atom is -0.495 e. The molecule has 2 aromatic carbocycles. The quantitative estimate of drug-likeness (QED) is 0.397. The average molecular weight is 588 g/mol. The molecule has 1 unspecified atom stereocenters. The molecule has 0 bridgehead atoms. The van der Waals surface area contributed by atoms with Crippen molar-refractivity contribution in [2.75, 3.05) is 7.11 Å². The summed E-state index contributed by atoms with van der Waals surface area (Å²) in [7, 11) is 1.33. The van der Waals surface area contributed by atoms with Crippen molar-refractivity contribution in [3.8, 4) is 5.75 Å². The van der Waals surface area contributed by atoms with Gasteiger partial charge in [0.2, 0.25) is 6.10 Å². The number of esters is 1. The molecule has 0 aromatic heterocycles. The van der Waals surface area contributed by atoms with Gasteiger partial charge in [0, 0.05) is 3.57 Å². The van der Waals surface area contributed by atoms with E-state index in [1.807, 2.05) is 45.2 Å². The second kappa shape index (κ2) is 8.46. The fourth-order valence-electron chi connectivity index (χ4n) is 2.18. The molecule has 0 aliphatic carbocycles. The van der Waals surface area contributed by atoms with Crippen LogP contribution in [0.1, 0.15) is 22.0 Å². The van der Waals surface area contributed by atoms with Gasteiger partial charge >= 0.3 is 17.9 Å². The maximum absolute atomic E-state index is 14.2. The molecule has 1 N–H and O–H groups in total. The van der Waals surface area contributed by atoms with Crippen molar-refractivity contribution in [2.45, 2.75) is 12.0 Å². The van der Waals surface area contributed by atoms with Crippen LogP contribution in [0.2, 0.25) is 0 Å². The molecule has 138 valence electrons. The van der Waals surface area contributed by atoms with Crippen LogP contribution in [0.15, 0.2) is 42.5 Å². The van der Waals surface area contributed by atoms with E-state index in [0.29, 0.717) is 7.14 Å². The van der Waals surface area contributed by atoms with E-state index in [-0.39, 0.29) is 16.9 Å². The molecule has 0 heterocycles. The van der Waals surface area contributed by atoms with E-state index in [2.05, 4.69) is 0 Å². The lowest BCUT2D eigenvalue weighted by molar-refractivity contribution is -0.183. The topological polar surface area (TPSA) is 72.8 Å². The number of ether oxygens (including phenoxy) is 2. The lowest BCUT2D eigenvalue weighted by atomic mass is 10.0. The number of alkyl halides is 2. The van der Waals surface area contributed by atoms with E-state index in [1.165, 1.54) is 37.4 Å². The fraction of sp³-hybridized carbons (Fsp3) is 0.176. The van der Waals surface area contributed by atoms with Crippen molar-refractivity contribution in [1.82, 2.24) is 0 Å². The van der Waals surface area contributed by atoms with E-state index in [0.717, 1.165) is 0 Å². The Labute approximate surface area is 175 Å². The molecule has 0 aliphatic heterocycles. The van der Waals surface area contributed by atoms with Gasteiger partial charge in [-0.15, -0.1) is 0 Å². The maximum Gasteiger partial charge on any atom is 0.382 e. The number of carbonyl (C=O) groups is 2. The lowest BCUT2D eigenvalue weighted by Gasteiger charge is -2.24. The monoisotopic (exact) mass is 588 g/mol. The molecule has 26 heavy (non-hydrogen) atoms. The van der Waals surface area contributed by atoms with E-state index in [4.69, 9.17) is 14.6 Å². The summed E-state index contributed by atoms with van der Waals surface area (Å²) < 4.78 is 39.8. The van der Waals surface area contributed by atoms with Gasteiger partial charge in [0.05, 0.1) is 10.7 Å². The van der Waals surface area contributed by atoms with Crippen LogP contribution < -0.4 is 4.74 Å². The van der Waals surface area contributed by atoms with Gasteiger partial charge in [0.25, 0.3) is 0 Å². The average Bonchev–Trinajstić information content (AvgIpc) is 2.59. The number of halogens is 4. The first-order chi connectivity index (χ1) is 12.2. The van der Waals surface area contributed by atoms with Crippen LogP contribution >= 0.6 is 45.2 Å². The zero-order valence-electron chi connectivity index (χ0n) is 13.2. The van der Waals surface area contributed by atoms with Gasteiger partial charge in [-0.2, -0.15) is 8.78 Å². The standard InChI is InChI=1S/C17H12F2I2O5/c1-25-13-11(7-10(20)8-12(13)21)15(22)26-14(17(18,19)16(23)24)9-5-3-2-4-6-9/h2-8,14H,1H3,(H,23,24). The van der Waals surface area contributed by atoms with E-state index in [1.54, 1.807) is 12.1 Å². The van der Waals surface area contributed by atoms with Crippen LogP contribution in [0.5, 0.6) is 5.75 Å². The summed E-state index contributed by atoms with van der Waals surface area (Å²) in [4.78, 5) is 23.6. The number of aliphatic carboxylic acids is 1. The zero-order chi connectivity index (χ0) is 19.5. The molecule has 5 nitrogen and oxygen atoms in total. The van der Waals surface area contributed by atoms with Crippen molar-refractivity contribution < 1.29 is 33.0 Å². The summed E-state index contributed by atoms with van der Waals surface area (Å²) in [5.74, 6) is -7.63. The van der Waals surface area contributed by atoms with Gasteiger partial charge in [-0.05, 0) is 62.9 Å². The Kier molecular flexibility index (Phi) is 6.77. The van der Waals surface area contributed by atoms with Gasteiger partial charge in [-0.25, -0.2) is 9.59 Å². The van der Waals surface area contributed by atoms with E-state index >= 15 is 0 Å². The number of carbonyl (C=O) groups excluding carboxylic acids is 1. The Hall–Kier alpha value is -1.50.